The van der Waals surface area contributed by atoms with Crippen molar-refractivity contribution >= 4 is 17.9 Å². The number of hydrogen-bond acceptors (Lipinski definition) is 7. The maximum absolute atomic E-state index is 12.3. The molecule has 4 aliphatic carbocycles. The van der Waals surface area contributed by atoms with Crippen LogP contribution in [0.3, 0.4) is 0 Å². The first kappa shape index (κ1) is 28.4. The topological polar surface area (TPSA) is 99.1 Å². The van der Waals surface area contributed by atoms with E-state index in [0.717, 1.165) is 44.9 Å². The molecule has 0 aromatic carbocycles. The van der Waals surface area contributed by atoms with Crippen LogP contribution < -0.4 is 0 Å². The molecule has 7 nitrogen and oxygen atoms in total. The fraction of sp³-hybridized carbons (Fsp3) is 0.900. The molecule has 11 atom stereocenters. The van der Waals surface area contributed by atoms with E-state index in [-0.39, 0.29) is 64.6 Å². The summed E-state index contributed by atoms with van der Waals surface area (Å²) in [6, 6.07) is 0. The van der Waals surface area contributed by atoms with Gasteiger partial charge in [-0.1, -0.05) is 20.8 Å². The maximum atomic E-state index is 12.3. The number of hydrogen-bond donors (Lipinski definition) is 1. The molecule has 0 radical (unpaired) electrons. The summed E-state index contributed by atoms with van der Waals surface area (Å²) in [5.41, 5.74) is -0.250. The minimum atomic E-state index is -0.434. The second-order valence-corrected chi connectivity index (χ2v) is 13.0. The van der Waals surface area contributed by atoms with Crippen LogP contribution in [0.15, 0.2) is 0 Å². The SMILES string of the molecule is CCOC(=O)CC[C@@H](C)C1CC[C@H]2C3C(C[C@H](O)[C@]12C)[C@@]1(C)CC[C@@H](OC(C)=O)C[C@H]1C[C@@H]3OC(C)=O. The van der Waals surface area contributed by atoms with Gasteiger partial charge in [-0.15, -0.1) is 0 Å². The second kappa shape index (κ2) is 10.9. The molecule has 4 aliphatic rings. The zero-order valence-electron chi connectivity index (χ0n) is 23.7. The molecule has 1 N–H and O–H groups in total. The minimum Gasteiger partial charge on any atom is -0.466 e. The zero-order chi connectivity index (χ0) is 27.1. The number of esters is 3. The van der Waals surface area contributed by atoms with Gasteiger partial charge in [-0.05, 0) is 98.7 Å². The molecule has 0 aromatic rings. The first-order valence-corrected chi connectivity index (χ1v) is 14.6. The van der Waals surface area contributed by atoms with Gasteiger partial charge in [0.2, 0.25) is 0 Å². The Labute approximate surface area is 222 Å². The molecule has 0 aromatic heterocycles. The summed E-state index contributed by atoms with van der Waals surface area (Å²) in [6.45, 7) is 12.0. The summed E-state index contributed by atoms with van der Waals surface area (Å²) in [5.74, 6) is 1.00. The molecule has 4 fully saturated rings. The maximum Gasteiger partial charge on any atom is 0.305 e. The van der Waals surface area contributed by atoms with Crippen molar-refractivity contribution in [1.29, 1.82) is 0 Å². The highest BCUT2D eigenvalue weighted by Gasteiger charge is 2.66. The van der Waals surface area contributed by atoms with Crippen LogP contribution in [-0.4, -0.2) is 47.9 Å². The lowest BCUT2D eigenvalue weighted by Gasteiger charge is -2.64. The molecule has 4 rings (SSSR count). The quantitative estimate of drug-likeness (QED) is 0.370. The molecule has 210 valence electrons. The number of carbonyl (C=O) groups excluding carboxylic acids is 3. The molecule has 0 bridgehead atoms. The third kappa shape index (κ3) is 5.18. The van der Waals surface area contributed by atoms with Gasteiger partial charge in [-0.2, -0.15) is 0 Å². The van der Waals surface area contributed by atoms with Crippen LogP contribution in [0.4, 0.5) is 0 Å². The van der Waals surface area contributed by atoms with Gasteiger partial charge < -0.3 is 19.3 Å². The van der Waals surface area contributed by atoms with Gasteiger partial charge in [0.05, 0.1) is 12.7 Å². The highest BCUT2D eigenvalue weighted by molar-refractivity contribution is 5.69. The molecular weight excluding hydrogens is 472 g/mol. The molecule has 0 amide bonds. The number of aliphatic hydroxyl groups excluding tert-OH is 1. The second-order valence-electron chi connectivity index (χ2n) is 13.0. The summed E-state index contributed by atoms with van der Waals surface area (Å²) >= 11 is 0. The summed E-state index contributed by atoms with van der Waals surface area (Å²) in [4.78, 5) is 35.9. The lowest BCUT2D eigenvalue weighted by atomic mass is 9.43. The number of rotatable bonds is 7. The normalized spacial score (nSPS) is 43.5. The van der Waals surface area contributed by atoms with Crippen LogP contribution in [0.2, 0.25) is 0 Å². The van der Waals surface area contributed by atoms with Gasteiger partial charge in [-0.3, -0.25) is 14.4 Å². The minimum absolute atomic E-state index is 0.0217. The van der Waals surface area contributed by atoms with Crippen molar-refractivity contribution in [3.05, 3.63) is 0 Å². The molecule has 3 unspecified atom stereocenters. The van der Waals surface area contributed by atoms with Crippen LogP contribution in [-0.2, 0) is 28.6 Å². The Morgan fingerprint density at radius 2 is 1.68 bits per heavy atom. The predicted octanol–water partition coefficient (Wildman–Crippen LogP) is 5.07. The van der Waals surface area contributed by atoms with Crippen molar-refractivity contribution < 1.29 is 33.7 Å². The van der Waals surface area contributed by atoms with E-state index < -0.39 is 6.10 Å². The highest BCUT2D eigenvalue weighted by atomic mass is 16.5. The smallest absolute Gasteiger partial charge is 0.305 e. The van der Waals surface area contributed by atoms with E-state index in [9.17, 15) is 19.5 Å². The van der Waals surface area contributed by atoms with E-state index in [2.05, 4.69) is 20.8 Å². The van der Waals surface area contributed by atoms with E-state index in [1.807, 2.05) is 6.92 Å². The standard InChI is InChI=1S/C30H48O7/c1-7-35-27(34)11-8-17(2)22-9-10-23-28-24(16-26(33)30(22,23)6)29(5)13-12-21(36-18(3)31)14-20(29)15-25(28)37-19(4)32/h17,20-26,28,33H,7-16H2,1-6H3/t17-,20+,21-,22?,23+,24?,25+,26+,28?,29+,30-/m1/s1. The molecule has 4 saturated carbocycles. The van der Waals surface area contributed by atoms with E-state index in [1.165, 1.54) is 13.8 Å². The number of carbonyl (C=O) groups is 3. The van der Waals surface area contributed by atoms with Crippen LogP contribution in [0.1, 0.15) is 99.3 Å². The number of ether oxygens (including phenoxy) is 3. The monoisotopic (exact) mass is 520 g/mol. The van der Waals surface area contributed by atoms with Crippen molar-refractivity contribution in [2.45, 2.75) is 118 Å². The van der Waals surface area contributed by atoms with Crippen LogP contribution in [0.5, 0.6) is 0 Å². The van der Waals surface area contributed by atoms with Gasteiger partial charge in [-0.25, -0.2) is 0 Å². The Balaban J connectivity index is 1.59. The Morgan fingerprint density at radius 3 is 2.32 bits per heavy atom. The van der Waals surface area contributed by atoms with Gasteiger partial charge in [0, 0.05) is 26.2 Å². The highest BCUT2D eigenvalue weighted by Crippen LogP contribution is 2.68. The molecule has 0 heterocycles. The van der Waals surface area contributed by atoms with Crippen molar-refractivity contribution in [2.75, 3.05) is 6.61 Å². The van der Waals surface area contributed by atoms with E-state index >= 15 is 0 Å². The van der Waals surface area contributed by atoms with Crippen molar-refractivity contribution in [2.24, 2.45) is 46.3 Å². The van der Waals surface area contributed by atoms with Gasteiger partial charge in [0.1, 0.15) is 12.2 Å². The third-order valence-electron chi connectivity index (χ3n) is 11.2. The predicted molar refractivity (Wildman–Crippen MR) is 138 cm³/mol. The van der Waals surface area contributed by atoms with E-state index in [0.29, 0.717) is 31.3 Å². The summed E-state index contributed by atoms with van der Waals surface area (Å²) in [5, 5.41) is 11.8. The van der Waals surface area contributed by atoms with Gasteiger partial charge >= 0.3 is 17.9 Å². The third-order valence-corrected chi connectivity index (χ3v) is 11.2. The van der Waals surface area contributed by atoms with Crippen LogP contribution in [0, 0.1) is 46.3 Å². The van der Waals surface area contributed by atoms with Gasteiger partial charge in [0.25, 0.3) is 0 Å². The Bertz CT molecular complexity index is 872. The molecule has 7 heteroatoms. The molecule has 0 aliphatic heterocycles. The van der Waals surface area contributed by atoms with Crippen molar-refractivity contribution in [3.63, 3.8) is 0 Å². The first-order valence-electron chi connectivity index (χ1n) is 14.6. The fourth-order valence-corrected chi connectivity index (χ4v) is 9.55. The Morgan fingerprint density at radius 1 is 0.973 bits per heavy atom. The first-order chi connectivity index (χ1) is 17.4. The van der Waals surface area contributed by atoms with Crippen molar-refractivity contribution in [1.82, 2.24) is 0 Å². The van der Waals surface area contributed by atoms with E-state index in [1.54, 1.807) is 0 Å². The molecule has 37 heavy (non-hydrogen) atoms. The number of fused-ring (bicyclic) bond motifs is 5. The average Bonchev–Trinajstić information content (AvgIpc) is 3.17. The summed E-state index contributed by atoms with van der Waals surface area (Å²) in [6.07, 6.45) is 6.61. The lowest BCUT2D eigenvalue weighted by molar-refractivity contribution is -0.218. The summed E-state index contributed by atoms with van der Waals surface area (Å²) in [7, 11) is 0. The Kier molecular flexibility index (Phi) is 8.33. The van der Waals surface area contributed by atoms with Gasteiger partial charge in [0.15, 0.2) is 0 Å². The molecular formula is C30H48O7. The van der Waals surface area contributed by atoms with E-state index in [4.69, 9.17) is 14.2 Å². The fourth-order valence-electron chi connectivity index (χ4n) is 9.55. The van der Waals surface area contributed by atoms with Crippen LogP contribution in [0.25, 0.3) is 0 Å². The lowest BCUT2D eigenvalue weighted by Crippen LogP contribution is -2.63. The van der Waals surface area contributed by atoms with Crippen LogP contribution >= 0.6 is 0 Å². The summed E-state index contributed by atoms with van der Waals surface area (Å²) < 4.78 is 16.8. The molecule has 0 saturated heterocycles. The zero-order valence-corrected chi connectivity index (χ0v) is 23.7. The Hall–Kier alpha value is -1.63. The average molecular weight is 521 g/mol. The number of aliphatic hydroxyl groups is 1. The molecule has 0 spiro atoms. The van der Waals surface area contributed by atoms with Crippen molar-refractivity contribution in [3.8, 4) is 0 Å². The largest absolute Gasteiger partial charge is 0.466 e.